The van der Waals surface area contributed by atoms with Gasteiger partial charge in [0.2, 0.25) is 0 Å². The third-order valence-electron chi connectivity index (χ3n) is 5.65. The molecule has 7 heteroatoms. The minimum absolute atomic E-state index is 0. The second kappa shape index (κ2) is 16.7. The summed E-state index contributed by atoms with van der Waals surface area (Å²) in [7, 11) is 0. The lowest BCUT2D eigenvalue weighted by atomic mass is 10.1. The van der Waals surface area contributed by atoms with Gasteiger partial charge in [-0.3, -0.25) is 4.90 Å². The van der Waals surface area contributed by atoms with Crippen LogP contribution in [0.1, 0.15) is 51.7 Å². The molecule has 1 heterocycles. The second-order valence-corrected chi connectivity index (χ2v) is 8.12. The van der Waals surface area contributed by atoms with Crippen molar-refractivity contribution in [1.29, 1.82) is 0 Å². The first-order chi connectivity index (χ1) is 14.6. The molecule has 0 aliphatic carbocycles. The average Bonchev–Trinajstić information content (AvgIpc) is 2.76. The zero-order valence-electron chi connectivity index (χ0n) is 20.0. The number of morpholine rings is 1. The molecule has 0 saturated carbocycles. The normalized spacial score (nSPS) is 16.1. The number of rotatable bonds is 12. The van der Waals surface area contributed by atoms with Crippen LogP contribution in [-0.2, 0) is 17.8 Å². The summed E-state index contributed by atoms with van der Waals surface area (Å²) in [5.41, 5.74) is 2.61. The summed E-state index contributed by atoms with van der Waals surface area (Å²) < 4.78 is 5.45. The molecule has 1 saturated heterocycles. The molecule has 6 nitrogen and oxygen atoms in total. The smallest absolute Gasteiger partial charge is 0.191 e. The van der Waals surface area contributed by atoms with E-state index < -0.39 is 0 Å². The van der Waals surface area contributed by atoms with E-state index in [0.29, 0.717) is 12.6 Å². The maximum absolute atomic E-state index is 5.45. The molecule has 0 spiro atoms. The van der Waals surface area contributed by atoms with E-state index in [0.717, 1.165) is 64.9 Å². The number of nitrogens with one attached hydrogen (secondary N) is 2. The number of benzene rings is 1. The van der Waals surface area contributed by atoms with E-state index in [1.54, 1.807) is 0 Å². The van der Waals surface area contributed by atoms with E-state index in [1.165, 1.54) is 24.1 Å². The molecular weight excluding hydrogens is 501 g/mol. The van der Waals surface area contributed by atoms with E-state index in [4.69, 9.17) is 9.73 Å². The Bertz CT molecular complexity index is 618. The third-order valence-corrected chi connectivity index (χ3v) is 5.65. The first-order valence-electron chi connectivity index (χ1n) is 11.8. The van der Waals surface area contributed by atoms with Crippen LogP contribution in [0.3, 0.4) is 0 Å². The minimum Gasteiger partial charge on any atom is -0.379 e. The molecule has 1 aliphatic rings. The Balaban J connectivity index is 0.00000480. The molecule has 0 bridgehead atoms. The summed E-state index contributed by atoms with van der Waals surface area (Å²) in [6.45, 7) is 18.5. The molecular formula is C24H44IN5O. The van der Waals surface area contributed by atoms with Gasteiger partial charge >= 0.3 is 0 Å². The summed E-state index contributed by atoms with van der Waals surface area (Å²) in [6.07, 6.45) is 2.36. The number of guanidine groups is 1. The fourth-order valence-electron chi connectivity index (χ4n) is 3.80. The van der Waals surface area contributed by atoms with E-state index >= 15 is 0 Å². The summed E-state index contributed by atoms with van der Waals surface area (Å²) in [5, 5.41) is 6.97. The van der Waals surface area contributed by atoms with Gasteiger partial charge in [-0.25, -0.2) is 4.99 Å². The third kappa shape index (κ3) is 11.5. The molecule has 1 fully saturated rings. The molecule has 178 valence electrons. The van der Waals surface area contributed by atoms with Crippen LogP contribution in [0.25, 0.3) is 0 Å². The van der Waals surface area contributed by atoms with Crippen molar-refractivity contribution in [3.8, 4) is 0 Å². The van der Waals surface area contributed by atoms with Gasteiger partial charge in [0.05, 0.1) is 19.8 Å². The number of nitrogens with zero attached hydrogens (tertiary/aromatic N) is 3. The number of ether oxygens (including phenoxy) is 1. The molecule has 2 N–H and O–H groups in total. The first-order valence-corrected chi connectivity index (χ1v) is 11.8. The van der Waals surface area contributed by atoms with E-state index in [9.17, 15) is 0 Å². The quantitative estimate of drug-likeness (QED) is 0.239. The van der Waals surface area contributed by atoms with Gasteiger partial charge in [-0.15, -0.1) is 24.0 Å². The highest BCUT2D eigenvalue weighted by molar-refractivity contribution is 14.0. The number of halogens is 1. The Labute approximate surface area is 207 Å². The van der Waals surface area contributed by atoms with Gasteiger partial charge in [0.15, 0.2) is 5.96 Å². The van der Waals surface area contributed by atoms with Crippen molar-refractivity contribution in [3.05, 3.63) is 35.4 Å². The van der Waals surface area contributed by atoms with Crippen molar-refractivity contribution < 1.29 is 4.74 Å². The summed E-state index contributed by atoms with van der Waals surface area (Å²) in [4.78, 5) is 9.78. The second-order valence-electron chi connectivity index (χ2n) is 8.12. The Morgan fingerprint density at radius 2 is 1.87 bits per heavy atom. The summed E-state index contributed by atoms with van der Waals surface area (Å²) in [5.74, 6) is 0.909. The highest BCUT2D eigenvalue weighted by Gasteiger charge is 2.11. The highest BCUT2D eigenvalue weighted by atomic mass is 127. The van der Waals surface area contributed by atoms with Crippen LogP contribution in [0.15, 0.2) is 29.3 Å². The van der Waals surface area contributed by atoms with Gasteiger partial charge in [-0.1, -0.05) is 38.1 Å². The zero-order valence-corrected chi connectivity index (χ0v) is 22.4. The van der Waals surface area contributed by atoms with Crippen molar-refractivity contribution in [1.82, 2.24) is 20.4 Å². The van der Waals surface area contributed by atoms with Gasteiger partial charge < -0.3 is 20.3 Å². The molecule has 31 heavy (non-hydrogen) atoms. The lowest BCUT2D eigenvalue weighted by Gasteiger charge is -2.26. The zero-order chi connectivity index (χ0) is 21.6. The fourth-order valence-corrected chi connectivity index (χ4v) is 3.80. The SMILES string of the molecule is CCNC(=NCc1cccc(CN2CCOCC2)c1)NC(C)CCCN(CC)CC.I. The minimum atomic E-state index is 0. The molecule has 1 aromatic carbocycles. The van der Waals surface area contributed by atoms with Gasteiger partial charge in [-0.2, -0.15) is 0 Å². The molecule has 1 unspecified atom stereocenters. The number of hydrogen-bond donors (Lipinski definition) is 2. The van der Waals surface area contributed by atoms with Crippen molar-refractivity contribution in [3.63, 3.8) is 0 Å². The average molecular weight is 546 g/mol. The Morgan fingerprint density at radius 1 is 1.16 bits per heavy atom. The van der Waals surface area contributed by atoms with Crippen molar-refractivity contribution in [2.24, 2.45) is 4.99 Å². The Morgan fingerprint density at radius 3 is 2.55 bits per heavy atom. The van der Waals surface area contributed by atoms with Crippen LogP contribution >= 0.6 is 24.0 Å². The maximum Gasteiger partial charge on any atom is 0.191 e. The number of aliphatic imine (C=N–C) groups is 1. The largest absolute Gasteiger partial charge is 0.379 e. The lowest BCUT2D eigenvalue weighted by Crippen LogP contribution is -2.42. The Kier molecular flexibility index (Phi) is 15.2. The van der Waals surface area contributed by atoms with Crippen LogP contribution in [-0.4, -0.2) is 74.3 Å². The van der Waals surface area contributed by atoms with E-state index in [-0.39, 0.29) is 24.0 Å². The van der Waals surface area contributed by atoms with Crippen LogP contribution in [0, 0.1) is 0 Å². The molecule has 1 aliphatic heterocycles. The van der Waals surface area contributed by atoms with Gasteiger partial charge in [0.25, 0.3) is 0 Å². The van der Waals surface area contributed by atoms with E-state index in [2.05, 4.69) is 72.4 Å². The summed E-state index contributed by atoms with van der Waals surface area (Å²) in [6, 6.07) is 9.23. The van der Waals surface area contributed by atoms with Crippen LogP contribution < -0.4 is 10.6 Å². The van der Waals surface area contributed by atoms with Crippen LogP contribution in [0.4, 0.5) is 0 Å². The molecule has 0 amide bonds. The molecule has 1 atom stereocenters. The van der Waals surface area contributed by atoms with Gasteiger partial charge in [0, 0.05) is 32.2 Å². The molecule has 0 aromatic heterocycles. The van der Waals surface area contributed by atoms with Crippen LogP contribution in [0.2, 0.25) is 0 Å². The Hall–Kier alpha value is -0.900. The highest BCUT2D eigenvalue weighted by Crippen LogP contribution is 2.11. The van der Waals surface area contributed by atoms with Gasteiger partial charge in [0.1, 0.15) is 0 Å². The predicted molar refractivity (Wildman–Crippen MR) is 142 cm³/mol. The molecule has 2 rings (SSSR count). The number of hydrogen-bond acceptors (Lipinski definition) is 4. The van der Waals surface area contributed by atoms with E-state index in [1.807, 2.05) is 0 Å². The maximum atomic E-state index is 5.45. The fraction of sp³-hybridized carbons (Fsp3) is 0.708. The van der Waals surface area contributed by atoms with Crippen molar-refractivity contribution in [2.45, 2.75) is 59.7 Å². The lowest BCUT2D eigenvalue weighted by molar-refractivity contribution is 0.0342. The molecule has 0 radical (unpaired) electrons. The first kappa shape index (κ1) is 28.1. The topological polar surface area (TPSA) is 52.1 Å². The predicted octanol–water partition coefficient (Wildman–Crippen LogP) is 3.70. The van der Waals surface area contributed by atoms with Crippen LogP contribution in [0.5, 0.6) is 0 Å². The van der Waals surface area contributed by atoms with Crippen molar-refractivity contribution >= 4 is 29.9 Å². The monoisotopic (exact) mass is 545 g/mol. The summed E-state index contributed by atoms with van der Waals surface area (Å²) >= 11 is 0. The van der Waals surface area contributed by atoms with Crippen molar-refractivity contribution in [2.75, 3.05) is 52.5 Å². The standard InChI is InChI=1S/C24H43N5O.HI/c1-5-25-24(27-21(4)10-9-13-28(6-2)7-3)26-19-22-11-8-12-23(18-22)20-29-14-16-30-17-15-29;/h8,11-12,18,21H,5-7,9-10,13-17,19-20H2,1-4H3,(H2,25,26,27);1H. The van der Waals surface area contributed by atoms with Gasteiger partial charge in [-0.05, 0) is 57.5 Å². The molecule has 1 aromatic rings.